The van der Waals surface area contributed by atoms with E-state index in [1.54, 1.807) is 17.1 Å². The van der Waals surface area contributed by atoms with Gasteiger partial charge in [0, 0.05) is 49.7 Å². The Hall–Kier alpha value is -3.48. The maximum atomic E-state index is 13.6. The van der Waals surface area contributed by atoms with Gasteiger partial charge >= 0.3 is 0 Å². The van der Waals surface area contributed by atoms with E-state index in [4.69, 9.17) is 4.98 Å². The van der Waals surface area contributed by atoms with Crippen molar-refractivity contribution in [1.82, 2.24) is 29.2 Å². The van der Waals surface area contributed by atoms with Gasteiger partial charge in [-0.25, -0.2) is 9.97 Å². The summed E-state index contributed by atoms with van der Waals surface area (Å²) in [6.45, 7) is 5.56. The van der Waals surface area contributed by atoms with Gasteiger partial charge in [0.1, 0.15) is 0 Å². The second-order valence-electron chi connectivity index (χ2n) is 8.06. The van der Waals surface area contributed by atoms with Gasteiger partial charge in [0.05, 0.1) is 35.3 Å². The highest BCUT2D eigenvalue weighted by atomic mass is 16.2. The molecule has 1 aliphatic rings. The van der Waals surface area contributed by atoms with Crippen molar-refractivity contribution >= 4 is 16.8 Å². The number of aryl methyl sites for hydroxylation is 3. The molecular formula is C23H24N6O. The number of fused-ring (bicyclic) bond motifs is 1. The zero-order valence-electron chi connectivity index (χ0n) is 17.4. The Kier molecular flexibility index (Phi) is 4.38. The first-order valence-electron chi connectivity index (χ1n) is 10.2. The summed E-state index contributed by atoms with van der Waals surface area (Å²) in [7, 11) is 1.88. The predicted molar refractivity (Wildman–Crippen MR) is 115 cm³/mol. The molecule has 0 unspecified atom stereocenters. The van der Waals surface area contributed by atoms with Crippen LogP contribution in [0.5, 0.6) is 0 Å². The van der Waals surface area contributed by atoms with Crippen LogP contribution >= 0.6 is 0 Å². The predicted octanol–water partition coefficient (Wildman–Crippen LogP) is 3.54. The number of imidazole rings is 1. The summed E-state index contributed by atoms with van der Waals surface area (Å²) in [5.41, 5.74) is 5.53. The van der Waals surface area contributed by atoms with E-state index in [1.165, 1.54) is 0 Å². The standard InChI is InChI=1S/C23H24N6O/c1-15-4-5-19-20(23(30)28-8-6-18(13-28)29-9-7-24-14-29)10-21(26-22(19)16(15)2)17-11-25-27(3)12-17/h4-5,7,9-12,14,18H,6,8,13H2,1-3H3/t18-/m1/s1. The minimum atomic E-state index is 0.0541. The van der Waals surface area contributed by atoms with Crippen molar-refractivity contribution in [2.24, 2.45) is 7.05 Å². The maximum Gasteiger partial charge on any atom is 0.254 e. The molecule has 7 nitrogen and oxygen atoms in total. The molecule has 1 saturated heterocycles. The van der Waals surface area contributed by atoms with Crippen molar-refractivity contribution < 1.29 is 4.79 Å². The molecule has 0 spiro atoms. The van der Waals surface area contributed by atoms with Gasteiger partial charge in [0.2, 0.25) is 0 Å². The average molecular weight is 400 g/mol. The van der Waals surface area contributed by atoms with Gasteiger partial charge in [0.25, 0.3) is 5.91 Å². The van der Waals surface area contributed by atoms with Gasteiger partial charge in [-0.05, 0) is 37.5 Å². The van der Waals surface area contributed by atoms with E-state index in [0.717, 1.165) is 46.3 Å². The minimum absolute atomic E-state index is 0.0541. The lowest BCUT2D eigenvalue weighted by Crippen LogP contribution is -2.29. The van der Waals surface area contributed by atoms with Crippen LogP contribution in [0.4, 0.5) is 0 Å². The van der Waals surface area contributed by atoms with E-state index in [0.29, 0.717) is 12.1 Å². The third-order valence-electron chi connectivity index (χ3n) is 6.13. The molecular weight excluding hydrogens is 376 g/mol. The van der Waals surface area contributed by atoms with Crippen LogP contribution < -0.4 is 0 Å². The SMILES string of the molecule is Cc1ccc2c(C(=O)N3CC[C@@H](n4ccnc4)C3)cc(-c3cnn(C)c3)nc2c1C. The molecule has 0 N–H and O–H groups in total. The fourth-order valence-corrected chi connectivity index (χ4v) is 4.23. The monoisotopic (exact) mass is 400 g/mol. The van der Waals surface area contributed by atoms with Crippen LogP contribution in [0.3, 0.4) is 0 Å². The Morgan fingerprint density at radius 1 is 1.23 bits per heavy atom. The third-order valence-corrected chi connectivity index (χ3v) is 6.13. The molecule has 1 aromatic carbocycles. The highest BCUT2D eigenvalue weighted by Gasteiger charge is 2.29. The number of hydrogen-bond acceptors (Lipinski definition) is 4. The summed E-state index contributed by atoms with van der Waals surface area (Å²) < 4.78 is 3.84. The second kappa shape index (κ2) is 7.09. The lowest BCUT2D eigenvalue weighted by Gasteiger charge is -2.19. The first-order valence-corrected chi connectivity index (χ1v) is 10.2. The van der Waals surface area contributed by atoms with Crippen molar-refractivity contribution in [3.8, 4) is 11.3 Å². The number of likely N-dealkylation sites (tertiary alicyclic amines) is 1. The van der Waals surface area contributed by atoms with E-state index in [1.807, 2.05) is 42.8 Å². The molecule has 4 heterocycles. The van der Waals surface area contributed by atoms with Crippen molar-refractivity contribution in [3.05, 3.63) is 66.0 Å². The van der Waals surface area contributed by atoms with Gasteiger partial charge in [0.15, 0.2) is 0 Å². The van der Waals surface area contributed by atoms with Crippen LogP contribution in [0.15, 0.2) is 49.3 Å². The fraction of sp³-hybridized carbons (Fsp3) is 0.304. The number of nitrogens with zero attached hydrogens (tertiary/aromatic N) is 6. The highest BCUT2D eigenvalue weighted by Crippen LogP contribution is 2.30. The number of amides is 1. The van der Waals surface area contributed by atoms with E-state index in [9.17, 15) is 4.79 Å². The number of carbonyl (C=O) groups is 1. The van der Waals surface area contributed by atoms with E-state index < -0.39 is 0 Å². The number of hydrogen-bond donors (Lipinski definition) is 0. The summed E-state index contributed by atoms with van der Waals surface area (Å²) in [4.78, 5) is 24.6. The van der Waals surface area contributed by atoms with E-state index in [-0.39, 0.29) is 11.9 Å². The third kappa shape index (κ3) is 3.07. The van der Waals surface area contributed by atoms with Gasteiger partial charge in [-0.2, -0.15) is 5.10 Å². The Balaban J connectivity index is 1.59. The minimum Gasteiger partial charge on any atom is -0.336 e. The molecule has 152 valence electrons. The molecule has 4 aromatic rings. The molecule has 0 aliphatic carbocycles. The lowest BCUT2D eigenvalue weighted by atomic mass is 9.99. The quantitative estimate of drug-likeness (QED) is 0.528. The molecule has 1 atom stereocenters. The average Bonchev–Trinajstić information content (AvgIpc) is 3.50. The zero-order chi connectivity index (χ0) is 20.8. The number of benzene rings is 1. The highest BCUT2D eigenvalue weighted by molar-refractivity contribution is 6.08. The fourth-order valence-electron chi connectivity index (χ4n) is 4.23. The van der Waals surface area contributed by atoms with Crippen LogP contribution in [-0.2, 0) is 7.05 Å². The summed E-state index contributed by atoms with van der Waals surface area (Å²) in [6, 6.07) is 6.28. The van der Waals surface area contributed by atoms with Gasteiger partial charge in [-0.15, -0.1) is 0 Å². The van der Waals surface area contributed by atoms with Crippen molar-refractivity contribution in [1.29, 1.82) is 0 Å². The number of rotatable bonds is 3. The molecule has 1 fully saturated rings. The summed E-state index contributed by atoms with van der Waals surface area (Å²) in [5.74, 6) is 0.0541. The van der Waals surface area contributed by atoms with Crippen LogP contribution in [0, 0.1) is 13.8 Å². The summed E-state index contributed by atoms with van der Waals surface area (Å²) in [6.07, 6.45) is 10.2. The van der Waals surface area contributed by atoms with Gasteiger partial charge < -0.3 is 9.47 Å². The molecule has 0 bridgehead atoms. The number of pyridine rings is 1. The number of aromatic nitrogens is 5. The molecule has 1 amide bonds. The largest absolute Gasteiger partial charge is 0.336 e. The molecule has 0 saturated carbocycles. The van der Waals surface area contributed by atoms with Crippen molar-refractivity contribution in [2.75, 3.05) is 13.1 Å². The van der Waals surface area contributed by atoms with Crippen LogP contribution in [0.2, 0.25) is 0 Å². The van der Waals surface area contributed by atoms with Crippen LogP contribution in [0.1, 0.15) is 33.9 Å². The Bertz CT molecular complexity index is 1240. The van der Waals surface area contributed by atoms with Gasteiger partial charge in [-0.1, -0.05) is 12.1 Å². The van der Waals surface area contributed by atoms with E-state index >= 15 is 0 Å². The van der Waals surface area contributed by atoms with Crippen LogP contribution in [-0.4, -0.2) is 48.2 Å². The Morgan fingerprint density at radius 2 is 2.10 bits per heavy atom. The molecule has 1 aliphatic heterocycles. The van der Waals surface area contributed by atoms with Crippen molar-refractivity contribution in [2.45, 2.75) is 26.3 Å². The first kappa shape index (κ1) is 18.5. The van der Waals surface area contributed by atoms with Gasteiger partial charge in [-0.3, -0.25) is 9.48 Å². The topological polar surface area (TPSA) is 68.8 Å². The molecule has 5 rings (SSSR count). The Labute approximate surface area is 175 Å². The smallest absolute Gasteiger partial charge is 0.254 e. The summed E-state index contributed by atoms with van der Waals surface area (Å²) >= 11 is 0. The maximum absolute atomic E-state index is 13.6. The lowest BCUT2D eigenvalue weighted by molar-refractivity contribution is 0.0789. The molecule has 0 radical (unpaired) electrons. The van der Waals surface area contributed by atoms with Crippen LogP contribution in [0.25, 0.3) is 22.2 Å². The Morgan fingerprint density at radius 3 is 2.83 bits per heavy atom. The molecule has 7 heteroatoms. The first-order chi connectivity index (χ1) is 14.5. The summed E-state index contributed by atoms with van der Waals surface area (Å²) in [5, 5.41) is 5.18. The molecule has 3 aromatic heterocycles. The molecule has 30 heavy (non-hydrogen) atoms. The zero-order valence-corrected chi connectivity index (χ0v) is 17.4. The van der Waals surface area contributed by atoms with Crippen molar-refractivity contribution in [3.63, 3.8) is 0 Å². The van der Waals surface area contributed by atoms with E-state index in [2.05, 4.69) is 34.6 Å². The number of carbonyl (C=O) groups excluding carboxylic acids is 1. The normalized spacial score (nSPS) is 16.5. The second-order valence-corrected chi connectivity index (χ2v) is 8.06.